The molecule has 11 aromatic carbocycles. The summed E-state index contributed by atoms with van der Waals surface area (Å²) in [5.41, 5.74) is 20.0. The van der Waals surface area contributed by atoms with Crippen molar-refractivity contribution in [2.24, 2.45) is 0 Å². The smallest absolute Gasteiger partial charge is 0.0547 e. The van der Waals surface area contributed by atoms with Gasteiger partial charge in [0.15, 0.2) is 0 Å². The molecule has 3 heteroatoms. The van der Waals surface area contributed by atoms with Crippen LogP contribution in [0.5, 0.6) is 0 Å². The minimum Gasteiger partial charge on any atom is -0.311 e. The molecule has 324 valence electrons. The van der Waals surface area contributed by atoms with Gasteiger partial charge < -0.3 is 14.0 Å². The van der Waals surface area contributed by atoms with E-state index in [1.165, 1.54) is 88.1 Å². The van der Waals surface area contributed by atoms with Gasteiger partial charge in [0.05, 0.1) is 22.1 Å². The molecule has 0 unspecified atom stereocenters. The highest BCUT2D eigenvalue weighted by atomic mass is 15.1. The van der Waals surface area contributed by atoms with E-state index in [0.717, 1.165) is 28.4 Å². The van der Waals surface area contributed by atoms with Crippen molar-refractivity contribution in [3.05, 3.63) is 273 Å². The van der Waals surface area contributed by atoms with E-state index in [9.17, 15) is 0 Å². The van der Waals surface area contributed by atoms with Gasteiger partial charge in [0.2, 0.25) is 0 Å². The van der Waals surface area contributed by atoms with Crippen molar-refractivity contribution in [3.63, 3.8) is 0 Å². The molecule has 2 heterocycles. The standard InChI is InChI=1S/C66H45N3/c1-4-16-46(17-5-1)48-30-38-55(39-31-48)68-61-26-12-10-22-59(61)65-57(24-14-28-63(65)68)50-34-42-53(43-35-50)67(52-20-8-3-9-21-52)54-44-36-51(37-45-54)58-25-15-29-64-66(58)60-23-11-13-27-62(60)69(64)56-40-32-49(33-41-56)47-18-6-2-7-19-47/h1-45H. The molecular formula is C66H45N3. The maximum absolute atomic E-state index is 2.40. The van der Waals surface area contributed by atoms with Crippen molar-refractivity contribution in [2.75, 3.05) is 4.90 Å². The van der Waals surface area contributed by atoms with Gasteiger partial charge in [-0.05, 0) is 129 Å². The van der Waals surface area contributed by atoms with Crippen LogP contribution in [0.3, 0.4) is 0 Å². The fraction of sp³-hybridized carbons (Fsp3) is 0. The Labute approximate surface area is 401 Å². The predicted octanol–water partition coefficient (Wildman–Crippen LogP) is 18.0. The summed E-state index contributed by atoms with van der Waals surface area (Å²) in [7, 11) is 0. The van der Waals surface area contributed by atoms with E-state index >= 15 is 0 Å². The number of benzene rings is 11. The van der Waals surface area contributed by atoms with Crippen LogP contribution in [0.15, 0.2) is 273 Å². The monoisotopic (exact) mass is 879 g/mol. The van der Waals surface area contributed by atoms with E-state index in [-0.39, 0.29) is 0 Å². The van der Waals surface area contributed by atoms with Crippen LogP contribution in [0.25, 0.3) is 99.5 Å². The van der Waals surface area contributed by atoms with Crippen LogP contribution in [0.1, 0.15) is 0 Å². The van der Waals surface area contributed by atoms with Crippen molar-refractivity contribution in [3.8, 4) is 55.9 Å². The van der Waals surface area contributed by atoms with Gasteiger partial charge in [-0.2, -0.15) is 0 Å². The first-order valence-corrected chi connectivity index (χ1v) is 23.7. The molecule has 13 aromatic rings. The zero-order valence-corrected chi connectivity index (χ0v) is 37.8. The Bertz CT molecular complexity index is 3700. The van der Waals surface area contributed by atoms with Crippen LogP contribution in [-0.2, 0) is 0 Å². The van der Waals surface area contributed by atoms with Crippen molar-refractivity contribution in [1.29, 1.82) is 0 Å². The molecule has 0 N–H and O–H groups in total. The normalized spacial score (nSPS) is 11.5. The lowest BCUT2D eigenvalue weighted by Crippen LogP contribution is -2.09. The Hall–Kier alpha value is -9.18. The topological polar surface area (TPSA) is 13.1 Å². The van der Waals surface area contributed by atoms with Crippen molar-refractivity contribution in [1.82, 2.24) is 9.13 Å². The zero-order chi connectivity index (χ0) is 45.7. The van der Waals surface area contributed by atoms with Crippen LogP contribution in [0.2, 0.25) is 0 Å². The summed E-state index contributed by atoms with van der Waals surface area (Å²) in [4.78, 5) is 2.35. The molecule has 13 rings (SSSR count). The average Bonchev–Trinajstić information content (AvgIpc) is 3.96. The van der Waals surface area contributed by atoms with E-state index in [2.05, 4.69) is 287 Å². The number of fused-ring (bicyclic) bond motifs is 6. The van der Waals surface area contributed by atoms with E-state index in [1.807, 2.05) is 0 Å². The van der Waals surface area contributed by atoms with Gasteiger partial charge in [0, 0.05) is 50.0 Å². The number of aromatic nitrogens is 2. The van der Waals surface area contributed by atoms with Gasteiger partial charge in [-0.1, -0.05) is 188 Å². The van der Waals surface area contributed by atoms with Crippen molar-refractivity contribution >= 4 is 60.7 Å². The number of rotatable bonds is 9. The van der Waals surface area contributed by atoms with Gasteiger partial charge in [0.25, 0.3) is 0 Å². The number of hydrogen-bond acceptors (Lipinski definition) is 1. The molecule has 0 aliphatic carbocycles. The molecule has 0 saturated carbocycles. The third kappa shape index (κ3) is 6.99. The molecular weight excluding hydrogens is 835 g/mol. The Kier molecular flexibility index (Phi) is 9.84. The Morgan fingerprint density at radius 2 is 0.536 bits per heavy atom. The number of para-hydroxylation sites is 3. The van der Waals surface area contributed by atoms with Crippen LogP contribution < -0.4 is 4.90 Å². The SMILES string of the molecule is c1ccc(-c2ccc(-n3c4ccccc4c4c(-c5ccc(N(c6ccccc6)c6ccc(-c7cccc8c7c7ccccc7n8-c7ccc(-c8ccccc8)cc7)cc6)cc5)cccc43)cc2)cc1. The van der Waals surface area contributed by atoms with Crippen molar-refractivity contribution in [2.45, 2.75) is 0 Å². The summed E-state index contributed by atoms with van der Waals surface area (Å²) in [6.07, 6.45) is 0. The largest absolute Gasteiger partial charge is 0.311 e. The number of nitrogens with zero attached hydrogens (tertiary/aromatic N) is 3. The lowest BCUT2D eigenvalue weighted by molar-refractivity contribution is 1.18. The summed E-state index contributed by atoms with van der Waals surface area (Å²) >= 11 is 0. The summed E-state index contributed by atoms with van der Waals surface area (Å²) in [5, 5.41) is 4.98. The summed E-state index contributed by atoms with van der Waals surface area (Å²) in [6.45, 7) is 0. The molecule has 0 aliphatic rings. The van der Waals surface area contributed by atoms with E-state index < -0.39 is 0 Å². The van der Waals surface area contributed by atoms with Crippen LogP contribution in [0.4, 0.5) is 17.1 Å². The molecule has 0 amide bonds. The maximum Gasteiger partial charge on any atom is 0.0547 e. The predicted molar refractivity (Wildman–Crippen MR) is 292 cm³/mol. The number of anilines is 3. The first kappa shape index (κ1) is 40.1. The lowest BCUT2D eigenvalue weighted by atomic mass is 9.98. The summed E-state index contributed by atoms with van der Waals surface area (Å²) < 4.78 is 4.81. The lowest BCUT2D eigenvalue weighted by Gasteiger charge is -2.26. The van der Waals surface area contributed by atoms with Gasteiger partial charge in [0.1, 0.15) is 0 Å². The third-order valence-corrected chi connectivity index (χ3v) is 13.7. The van der Waals surface area contributed by atoms with Crippen molar-refractivity contribution < 1.29 is 0 Å². The highest BCUT2D eigenvalue weighted by Crippen LogP contribution is 2.43. The van der Waals surface area contributed by atoms with Gasteiger partial charge in [-0.15, -0.1) is 0 Å². The molecule has 2 aromatic heterocycles. The molecule has 0 saturated heterocycles. The molecule has 3 nitrogen and oxygen atoms in total. The maximum atomic E-state index is 2.40. The Morgan fingerprint density at radius 3 is 0.957 bits per heavy atom. The Morgan fingerprint density at radius 1 is 0.217 bits per heavy atom. The molecule has 0 fully saturated rings. The van der Waals surface area contributed by atoms with Crippen LogP contribution in [0, 0.1) is 0 Å². The Balaban J connectivity index is 0.859. The molecule has 0 atom stereocenters. The second-order valence-electron chi connectivity index (χ2n) is 17.7. The second kappa shape index (κ2) is 16.9. The highest BCUT2D eigenvalue weighted by molar-refractivity contribution is 6.17. The van der Waals surface area contributed by atoms with Gasteiger partial charge in [-0.3, -0.25) is 0 Å². The van der Waals surface area contributed by atoms with Gasteiger partial charge >= 0.3 is 0 Å². The highest BCUT2D eigenvalue weighted by Gasteiger charge is 2.20. The van der Waals surface area contributed by atoms with Crippen LogP contribution >= 0.6 is 0 Å². The summed E-state index contributed by atoms with van der Waals surface area (Å²) in [5.74, 6) is 0. The van der Waals surface area contributed by atoms with E-state index in [0.29, 0.717) is 0 Å². The number of hydrogen-bond donors (Lipinski definition) is 0. The minimum absolute atomic E-state index is 1.09. The minimum atomic E-state index is 1.09. The molecule has 0 bridgehead atoms. The zero-order valence-electron chi connectivity index (χ0n) is 37.8. The quantitative estimate of drug-likeness (QED) is 0.141. The molecule has 69 heavy (non-hydrogen) atoms. The fourth-order valence-corrected chi connectivity index (χ4v) is 10.5. The van der Waals surface area contributed by atoms with E-state index in [4.69, 9.17) is 0 Å². The average molecular weight is 880 g/mol. The first-order chi connectivity index (χ1) is 34.2. The van der Waals surface area contributed by atoms with Crippen LogP contribution in [-0.4, -0.2) is 9.13 Å². The van der Waals surface area contributed by atoms with Gasteiger partial charge in [-0.25, -0.2) is 0 Å². The summed E-state index contributed by atoms with van der Waals surface area (Å²) in [6, 6.07) is 98.9. The second-order valence-corrected chi connectivity index (χ2v) is 17.7. The molecule has 0 radical (unpaired) electrons. The fourth-order valence-electron chi connectivity index (χ4n) is 10.5. The first-order valence-electron chi connectivity index (χ1n) is 23.7. The molecule has 0 aliphatic heterocycles. The van der Waals surface area contributed by atoms with E-state index in [1.54, 1.807) is 0 Å². The molecule has 0 spiro atoms. The third-order valence-electron chi connectivity index (χ3n) is 13.7.